The van der Waals surface area contributed by atoms with Crippen molar-refractivity contribution in [1.82, 2.24) is 15.1 Å². The van der Waals surface area contributed by atoms with Crippen molar-refractivity contribution >= 4 is 17.5 Å². The van der Waals surface area contributed by atoms with E-state index in [0.29, 0.717) is 28.6 Å². The van der Waals surface area contributed by atoms with Gasteiger partial charge in [-0.1, -0.05) is 11.6 Å². The number of likely N-dealkylation sites (N-methyl/N-ethyl adjacent to an activating group) is 1. The molecular weight excluding hydrogens is 306 g/mol. The van der Waals surface area contributed by atoms with Crippen molar-refractivity contribution in [2.45, 2.75) is 0 Å². The summed E-state index contributed by atoms with van der Waals surface area (Å²) in [5.41, 5.74) is 0.493. The van der Waals surface area contributed by atoms with E-state index < -0.39 is 0 Å². The van der Waals surface area contributed by atoms with Crippen LogP contribution in [0.5, 0.6) is 11.5 Å². The van der Waals surface area contributed by atoms with E-state index in [-0.39, 0.29) is 12.7 Å². The highest BCUT2D eigenvalue weighted by Gasteiger charge is 2.20. The number of piperazine rings is 1. The Morgan fingerprint density at radius 1 is 1.27 bits per heavy atom. The summed E-state index contributed by atoms with van der Waals surface area (Å²) in [6.45, 7) is 5.86. The van der Waals surface area contributed by atoms with Gasteiger partial charge in [0.1, 0.15) is 0 Å². The van der Waals surface area contributed by atoms with Crippen molar-refractivity contribution in [2.75, 3.05) is 53.1 Å². The van der Waals surface area contributed by atoms with Crippen LogP contribution in [0, 0.1) is 0 Å². The second-order valence-corrected chi connectivity index (χ2v) is 6.00. The van der Waals surface area contributed by atoms with Crippen LogP contribution >= 0.6 is 11.6 Å². The van der Waals surface area contributed by atoms with Crippen LogP contribution in [0.1, 0.15) is 10.4 Å². The number of amides is 1. The standard InChI is InChI=1S/C15H20ClN3O3/c1-18-4-6-19(7-5-18)3-2-17-15(20)11-8-12(16)14-13(9-11)21-10-22-14/h8-9H,2-7,10H2,1H3,(H,17,20). The molecule has 2 heterocycles. The monoisotopic (exact) mass is 325 g/mol. The third-order valence-electron chi connectivity index (χ3n) is 4.00. The molecule has 1 saturated heterocycles. The molecule has 7 heteroatoms. The molecule has 1 aromatic carbocycles. The van der Waals surface area contributed by atoms with Crippen molar-refractivity contribution in [3.8, 4) is 11.5 Å². The number of halogens is 1. The lowest BCUT2D eigenvalue weighted by Crippen LogP contribution is -2.46. The van der Waals surface area contributed by atoms with E-state index >= 15 is 0 Å². The number of rotatable bonds is 4. The Labute approximate surface area is 134 Å². The van der Waals surface area contributed by atoms with E-state index in [4.69, 9.17) is 21.1 Å². The second kappa shape index (κ2) is 6.73. The Kier molecular flexibility index (Phi) is 4.71. The van der Waals surface area contributed by atoms with Crippen LogP contribution in [0.3, 0.4) is 0 Å². The van der Waals surface area contributed by atoms with Crippen LogP contribution < -0.4 is 14.8 Å². The van der Waals surface area contributed by atoms with Gasteiger partial charge in [0, 0.05) is 44.8 Å². The minimum atomic E-state index is -0.144. The topological polar surface area (TPSA) is 54.0 Å². The van der Waals surface area contributed by atoms with Gasteiger partial charge in [-0.25, -0.2) is 0 Å². The zero-order valence-corrected chi connectivity index (χ0v) is 13.4. The quantitative estimate of drug-likeness (QED) is 0.896. The summed E-state index contributed by atoms with van der Waals surface area (Å²) in [7, 11) is 2.13. The molecule has 0 radical (unpaired) electrons. The zero-order chi connectivity index (χ0) is 15.5. The molecule has 2 aliphatic heterocycles. The molecule has 1 amide bonds. The maximum Gasteiger partial charge on any atom is 0.251 e. The molecule has 2 aliphatic rings. The van der Waals surface area contributed by atoms with E-state index in [0.717, 1.165) is 32.7 Å². The van der Waals surface area contributed by atoms with E-state index in [9.17, 15) is 4.79 Å². The Balaban J connectivity index is 1.51. The lowest BCUT2D eigenvalue weighted by Gasteiger charge is -2.32. The third kappa shape index (κ3) is 3.45. The Hall–Kier alpha value is -1.50. The van der Waals surface area contributed by atoms with Gasteiger partial charge in [-0.3, -0.25) is 9.69 Å². The summed E-state index contributed by atoms with van der Waals surface area (Å²) < 4.78 is 10.5. The van der Waals surface area contributed by atoms with Gasteiger partial charge in [0.2, 0.25) is 6.79 Å². The first-order valence-corrected chi connectivity index (χ1v) is 7.79. The Morgan fingerprint density at radius 2 is 2.05 bits per heavy atom. The summed E-state index contributed by atoms with van der Waals surface area (Å²) in [4.78, 5) is 16.9. The number of benzene rings is 1. The molecule has 0 bridgehead atoms. The number of hydrogen-bond acceptors (Lipinski definition) is 5. The summed E-state index contributed by atoms with van der Waals surface area (Å²) in [5, 5.41) is 3.33. The highest BCUT2D eigenvalue weighted by atomic mass is 35.5. The van der Waals surface area contributed by atoms with E-state index in [1.165, 1.54) is 0 Å². The van der Waals surface area contributed by atoms with Crippen LogP contribution in [0.4, 0.5) is 0 Å². The average molecular weight is 326 g/mol. The molecule has 0 aliphatic carbocycles. The van der Waals surface area contributed by atoms with Gasteiger partial charge in [0.05, 0.1) is 5.02 Å². The molecule has 3 rings (SSSR count). The van der Waals surface area contributed by atoms with Crippen molar-refractivity contribution in [3.05, 3.63) is 22.7 Å². The van der Waals surface area contributed by atoms with Crippen LogP contribution in [0.15, 0.2) is 12.1 Å². The number of nitrogens with one attached hydrogen (secondary N) is 1. The maximum atomic E-state index is 12.2. The van der Waals surface area contributed by atoms with Gasteiger partial charge < -0.3 is 19.7 Å². The molecule has 0 aromatic heterocycles. The Morgan fingerprint density at radius 3 is 2.82 bits per heavy atom. The van der Waals surface area contributed by atoms with Gasteiger partial charge in [0.25, 0.3) is 5.91 Å². The first kappa shape index (κ1) is 15.4. The number of fused-ring (bicyclic) bond motifs is 1. The minimum absolute atomic E-state index is 0.142. The largest absolute Gasteiger partial charge is 0.454 e. The molecule has 22 heavy (non-hydrogen) atoms. The van der Waals surface area contributed by atoms with Crippen molar-refractivity contribution in [2.24, 2.45) is 0 Å². The molecule has 0 spiro atoms. The highest BCUT2D eigenvalue weighted by molar-refractivity contribution is 6.32. The fourth-order valence-electron chi connectivity index (χ4n) is 2.60. The third-order valence-corrected chi connectivity index (χ3v) is 4.28. The molecule has 0 atom stereocenters. The summed E-state index contributed by atoms with van der Waals surface area (Å²) in [6.07, 6.45) is 0. The van der Waals surface area contributed by atoms with E-state index in [1.807, 2.05) is 0 Å². The molecule has 1 aromatic rings. The molecule has 0 saturated carbocycles. The van der Waals surface area contributed by atoms with Crippen LogP contribution in [-0.2, 0) is 0 Å². The van der Waals surface area contributed by atoms with Crippen LogP contribution in [0.25, 0.3) is 0 Å². The summed E-state index contributed by atoms with van der Waals surface area (Å²) in [5.74, 6) is 0.890. The molecule has 6 nitrogen and oxygen atoms in total. The summed E-state index contributed by atoms with van der Waals surface area (Å²) in [6, 6.07) is 3.28. The number of ether oxygens (including phenoxy) is 2. The number of carbonyl (C=O) groups is 1. The first-order chi connectivity index (χ1) is 10.6. The van der Waals surface area contributed by atoms with Gasteiger partial charge in [-0.05, 0) is 19.2 Å². The smallest absolute Gasteiger partial charge is 0.251 e. The first-order valence-electron chi connectivity index (χ1n) is 7.42. The van der Waals surface area contributed by atoms with Gasteiger partial charge >= 0.3 is 0 Å². The predicted molar refractivity (Wildman–Crippen MR) is 83.8 cm³/mol. The van der Waals surface area contributed by atoms with Gasteiger partial charge in [-0.2, -0.15) is 0 Å². The van der Waals surface area contributed by atoms with Crippen molar-refractivity contribution in [1.29, 1.82) is 0 Å². The molecule has 0 unspecified atom stereocenters. The van der Waals surface area contributed by atoms with Crippen LogP contribution in [0.2, 0.25) is 5.02 Å². The van der Waals surface area contributed by atoms with Crippen LogP contribution in [-0.4, -0.2) is 68.8 Å². The SMILES string of the molecule is CN1CCN(CCNC(=O)c2cc(Cl)c3c(c2)OCO3)CC1. The van der Waals surface area contributed by atoms with Gasteiger partial charge in [-0.15, -0.1) is 0 Å². The number of nitrogens with zero attached hydrogens (tertiary/aromatic N) is 2. The predicted octanol–water partition coefficient (Wildman–Crippen LogP) is 1.05. The fraction of sp³-hybridized carbons (Fsp3) is 0.533. The lowest BCUT2D eigenvalue weighted by molar-refractivity contribution is 0.0940. The Bertz CT molecular complexity index is 559. The van der Waals surface area contributed by atoms with Crippen molar-refractivity contribution < 1.29 is 14.3 Å². The van der Waals surface area contributed by atoms with Crippen molar-refractivity contribution in [3.63, 3.8) is 0 Å². The average Bonchev–Trinajstić information content (AvgIpc) is 2.98. The minimum Gasteiger partial charge on any atom is -0.454 e. The molecule has 120 valence electrons. The van der Waals surface area contributed by atoms with E-state index in [2.05, 4.69) is 22.2 Å². The molecule has 1 N–H and O–H groups in total. The number of hydrogen-bond donors (Lipinski definition) is 1. The fourth-order valence-corrected chi connectivity index (χ4v) is 2.86. The second-order valence-electron chi connectivity index (χ2n) is 5.59. The molecule has 1 fully saturated rings. The maximum absolute atomic E-state index is 12.2. The van der Waals surface area contributed by atoms with E-state index in [1.54, 1.807) is 12.1 Å². The normalized spacial score (nSPS) is 18.5. The zero-order valence-electron chi connectivity index (χ0n) is 12.6. The highest BCUT2D eigenvalue weighted by Crippen LogP contribution is 2.39. The summed E-state index contributed by atoms with van der Waals surface area (Å²) >= 11 is 6.09. The van der Waals surface area contributed by atoms with Gasteiger partial charge in [0.15, 0.2) is 11.5 Å². The number of carbonyl (C=O) groups excluding carboxylic acids is 1. The lowest BCUT2D eigenvalue weighted by atomic mass is 10.2. The molecular formula is C15H20ClN3O3.